The van der Waals surface area contributed by atoms with Gasteiger partial charge < -0.3 is 14.7 Å². The molecule has 1 amide bonds. The van der Waals surface area contributed by atoms with Crippen molar-refractivity contribution in [1.82, 2.24) is 9.62 Å². The van der Waals surface area contributed by atoms with E-state index in [9.17, 15) is 18.0 Å². The van der Waals surface area contributed by atoms with Crippen molar-refractivity contribution in [2.75, 3.05) is 25.4 Å². The Bertz CT molecular complexity index is 461. The van der Waals surface area contributed by atoms with Crippen molar-refractivity contribution in [3.63, 3.8) is 0 Å². The second-order valence-corrected chi connectivity index (χ2v) is 7.31. The molecule has 130 valence electrons. The Labute approximate surface area is 131 Å². The molecule has 0 bridgehead atoms. The number of carbonyl (C=O) groups is 2. The number of nitrogens with zero attached hydrogens (tertiary/aromatic N) is 1. The molecule has 0 aromatic carbocycles. The van der Waals surface area contributed by atoms with Crippen LogP contribution in [0.4, 0.5) is 0 Å². The molecule has 0 saturated carbocycles. The van der Waals surface area contributed by atoms with Gasteiger partial charge in [0.2, 0.25) is 15.9 Å². The molecule has 0 saturated heterocycles. The van der Waals surface area contributed by atoms with Crippen LogP contribution in [-0.4, -0.2) is 67.9 Å². The number of hydrogen-bond acceptors (Lipinski definition) is 5. The van der Waals surface area contributed by atoms with Gasteiger partial charge in [-0.15, -0.1) is 0 Å². The zero-order valence-electron chi connectivity index (χ0n) is 13.5. The van der Waals surface area contributed by atoms with Crippen LogP contribution in [0.15, 0.2) is 0 Å². The third-order valence-electron chi connectivity index (χ3n) is 2.76. The molecular weight excluding hydrogens is 312 g/mol. The number of amides is 1. The normalized spacial score (nSPS) is 11.9. The standard InChI is InChI=1S/C13H26N2O6S/c1-10(2)15(6-5-13(17)18)12(16)9-14-22(19,20)8-7-21-11(3)4/h10-11,14H,5-9H2,1-4H3,(H,17,18). The Kier molecular flexibility index (Phi) is 9.22. The molecule has 0 aliphatic carbocycles. The van der Waals surface area contributed by atoms with Crippen LogP contribution < -0.4 is 4.72 Å². The van der Waals surface area contributed by atoms with Gasteiger partial charge in [0.1, 0.15) is 0 Å². The minimum atomic E-state index is -3.60. The second kappa shape index (κ2) is 9.75. The van der Waals surface area contributed by atoms with Crippen molar-refractivity contribution in [3.8, 4) is 0 Å². The molecular formula is C13H26N2O6S. The van der Waals surface area contributed by atoms with Crippen molar-refractivity contribution in [3.05, 3.63) is 0 Å². The summed E-state index contributed by atoms with van der Waals surface area (Å²) in [6.45, 7) is 6.79. The SMILES string of the molecule is CC(C)OCCS(=O)(=O)NCC(=O)N(CCC(=O)O)C(C)C. The van der Waals surface area contributed by atoms with E-state index in [0.29, 0.717) is 0 Å². The maximum Gasteiger partial charge on any atom is 0.305 e. The smallest absolute Gasteiger partial charge is 0.305 e. The topological polar surface area (TPSA) is 113 Å². The zero-order chi connectivity index (χ0) is 17.3. The summed E-state index contributed by atoms with van der Waals surface area (Å²) in [4.78, 5) is 23.9. The van der Waals surface area contributed by atoms with Crippen LogP contribution in [0.3, 0.4) is 0 Å². The van der Waals surface area contributed by atoms with Gasteiger partial charge in [-0.25, -0.2) is 13.1 Å². The summed E-state index contributed by atoms with van der Waals surface area (Å²) in [6, 6.07) is -0.208. The van der Waals surface area contributed by atoms with E-state index in [1.54, 1.807) is 27.7 Å². The van der Waals surface area contributed by atoms with E-state index in [2.05, 4.69) is 4.72 Å². The first-order valence-corrected chi connectivity index (χ1v) is 8.80. The molecule has 9 heteroatoms. The molecule has 0 heterocycles. The zero-order valence-corrected chi connectivity index (χ0v) is 14.4. The van der Waals surface area contributed by atoms with Gasteiger partial charge in [-0.3, -0.25) is 9.59 Å². The highest BCUT2D eigenvalue weighted by atomic mass is 32.2. The minimum absolute atomic E-state index is 0.0457. The third kappa shape index (κ3) is 9.69. The van der Waals surface area contributed by atoms with Gasteiger partial charge in [0, 0.05) is 12.6 Å². The molecule has 22 heavy (non-hydrogen) atoms. The molecule has 0 fully saturated rings. The van der Waals surface area contributed by atoms with E-state index in [-0.39, 0.29) is 44.0 Å². The lowest BCUT2D eigenvalue weighted by molar-refractivity contribution is -0.138. The first kappa shape index (κ1) is 20.8. The van der Waals surface area contributed by atoms with Crippen LogP contribution in [0.25, 0.3) is 0 Å². The highest BCUT2D eigenvalue weighted by molar-refractivity contribution is 7.89. The Morgan fingerprint density at radius 3 is 2.27 bits per heavy atom. The van der Waals surface area contributed by atoms with Crippen LogP contribution in [-0.2, 0) is 24.3 Å². The number of rotatable bonds is 11. The number of ether oxygens (including phenoxy) is 1. The largest absolute Gasteiger partial charge is 0.481 e. The van der Waals surface area contributed by atoms with E-state index in [4.69, 9.17) is 9.84 Å². The van der Waals surface area contributed by atoms with Crippen molar-refractivity contribution in [2.24, 2.45) is 0 Å². The lowest BCUT2D eigenvalue weighted by Gasteiger charge is -2.26. The molecule has 2 N–H and O–H groups in total. The van der Waals surface area contributed by atoms with Crippen molar-refractivity contribution in [1.29, 1.82) is 0 Å². The average molecular weight is 338 g/mol. The van der Waals surface area contributed by atoms with Gasteiger partial charge >= 0.3 is 5.97 Å². The first-order chi connectivity index (χ1) is 10.0. The lowest BCUT2D eigenvalue weighted by atomic mass is 10.2. The molecule has 0 spiro atoms. The Balaban J connectivity index is 4.39. The first-order valence-electron chi connectivity index (χ1n) is 7.15. The van der Waals surface area contributed by atoms with E-state index in [1.165, 1.54) is 4.90 Å². The van der Waals surface area contributed by atoms with Crippen LogP contribution in [0.1, 0.15) is 34.1 Å². The van der Waals surface area contributed by atoms with Crippen LogP contribution in [0.2, 0.25) is 0 Å². The summed E-state index contributed by atoms with van der Waals surface area (Å²) < 4.78 is 30.8. The van der Waals surface area contributed by atoms with Gasteiger partial charge in [-0.2, -0.15) is 0 Å². The van der Waals surface area contributed by atoms with E-state index < -0.39 is 21.9 Å². The van der Waals surface area contributed by atoms with Gasteiger partial charge in [-0.1, -0.05) is 0 Å². The van der Waals surface area contributed by atoms with E-state index in [1.807, 2.05) is 0 Å². The van der Waals surface area contributed by atoms with Crippen LogP contribution in [0.5, 0.6) is 0 Å². The summed E-state index contributed by atoms with van der Waals surface area (Å²) in [5.74, 6) is -1.69. The number of sulfonamides is 1. The number of hydrogen-bond donors (Lipinski definition) is 2. The summed E-state index contributed by atoms with van der Waals surface area (Å²) in [6.07, 6.45) is -0.247. The predicted molar refractivity (Wildman–Crippen MR) is 82.0 cm³/mol. The van der Waals surface area contributed by atoms with Crippen molar-refractivity contribution < 1.29 is 27.9 Å². The van der Waals surface area contributed by atoms with Gasteiger partial charge in [0.05, 0.1) is 31.4 Å². The Morgan fingerprint density at radius 1 is 1.23 bits per heavy atom. The quantitative estimate of drug-likeness (QED) is 0.550. The monoisotopic (exact) mass is 338 g/mol. The molecule has 0 unspecified atom stereocenters. The molecule has 0 rings (SSSR count). The highest BCUT2D eigenvalue weighted by Gasteiger charge is 2.20. The molecule has 0 aromatic rings. The average Bonchev–Trinajstić information content (AvgIpc) is 2.35. The second-order valence-electron chi connectivity index (χ2n) is 5.38. The molecule has 0 aliphatic rings. The summed E-state index contributed by atoms with van der Waals surface area (Å²) in [7, 11) is -3.60. The summed E-state index contributed by atoms with van der Waals surface area (Å²) in [5, 5.41) is 8.66. The molecule has 0 aromatic heterocycles. The number of aliphatic carboxylic acids is 1. The number of nitrogens with one attached hydrogen (secondary N) is 1. The third-order valence-corrected chi connectivity index (χ3v) is 4.05. The maximum absolute atomic E-state index is 12.0. The van der Waals surface area contributed by atoms with Gasteiger partial charge in [-0.05, 0) is 27.7 Å². The van der Waals surface area contributed by atoms with Gasteiger partial charge in [0.15, 0.2) is 0 Å². The maximum atomic E-state index is 12.0. The number of carbonyl (C=O) groups excluding carboxylic acids is 1. The van der Waals surface area contributed by atoms with E-state index >= 15 is 0 Å². The highest BCUT2D eigenvalue weighted by Crippen LogP contribution is 2.01. The van der Waals surface area contributed by atoms with Crippen molar-refractivity contribution >= 4 is 21.9 Å². The molecule has 0 aliphatic heterocycles. The lowest BCUT2D eigenvalue weighted by Crippen LogP contribution is -2.45. The van der Waals surface area contributed by atoms with Crippen molar-refractivity contribution in [2.45, 2.75) is 46.3 Å². The number of carboxylic acid groups (broad SMARTS) is 1. The fourth-order valence-electron chi connectivity index (χ4n) is 1.63. The molecule has 0 radical (unpaired) electrons. The molecule has 8 nitrogen and oxygen atoms in total. The summed E-state index contributed by atoms with van der Waals surface area (Å²) >= 11 is 0. The predicted octanol–water partition coefficient (Wildman–Crippen LogP) is 0.0425. The van der Waals surface area contributed by atoms with Gasteiger partial charge in [0.25, 0.3) is 0 Å². The molecule has 0 atom stereocenters. The van der Waals surface area contributed by atoms with Crippen LogP contribution >= 0.6 is 0 Å². The minimum Gasteiger partial charge on any atom is -0.481 e. The fourth-order valence-corrected chi connectivity index (χ4v) is 2.43. The number of carboxylic acids is 1. The fraction of sp³-hybridized carbons (Fsp3) is 0.846. The Morgan fingerprint density at radius 2 is 1.82 bits per heavy atom. The van der Waals surface area contributed by atoms with Crippen LogP contribution in [0, 0.1) is 0 Å². The van der Waals surface area contributed by atoms with E-state index in [0.717, 1.165) is 0 Å². The Hall–Kier alpha value is -1.19. The summed E-state index contributed by atoms with van der Waals surface area (Å²) in [5.41, 5.74) is 0.